The maximum absolute atomic E-state index is 12.2. The van der Waals surface area contributed by atoms with E-state index in [1.54, 1.807) is 11.1 Å². The Hall–Kier alpha value is -1.56. The molecule has 6 heteroatoms. The summed E-state index contributed by atoms with van der Waals surface area (Å²) in [6, 6.07) is -0.0512. The van der Waals surface area contributed by atoms with E-state index in [1.165, 1.54) is 6.42 Å². The van der Waals surface area contributed by atoms with Crippen LogP contribution in [0.15, 0.2) is 12.4 Å². The fourth-order valence-corrected chi connectivity index (χ4v) is 2.39. The number of nitrogens with one attached hydrogen (secondary N) is 1. The van der Waals surface area contributed by atoms with E-state index in [1.807, 2.05) is 24.7 Å². The van der Waals surface area contributed by atoms with Crippen molar-refractivity contribution in [3.05, 3.63) is 18.2 Å². The number of imidazole rings is 1. The number of nitrogens with zero attached hydrogens (tertiary/aromatic N) is 3. The van der Waals surface area contributed by atoms with Gasteiger partial charge in [0.1, 0.15) is 5.82 Å². The first-order valence-corrected chi connectivity index (χ1v) is 7.31. The summed E-state index contributed by atoms with van der Waals surface area (Å²) < 4.78 is 7.60. The van der Waals surface area contributed by atoms with E-state index >= 15 is 0 Å². The summed E-state index contributed by atoms with van der Waals surface area (Å²) in [6.45, 7) is 4.61. The van der Waals surface area contributed by atoms with Gasteiger partial charge in [-0.1, -0.05) is 0 Å². The zero-order chi connectivity index (χ0) is 14.4. The van der Waals surface area contributed by atoms with Crippen LogP contribution in [-0.2, 0) is 18.3 Å². The molecule has 1 saturated heterocycles. The lowest BCUT2D eigenvalue weighted by Crippen LogP contribution is -2.44. The van der Waals surface area contributed by atoms with Crippen molar-refractivity contribution in [1.82, 2.24) is 19.8 Å². The fourth-order valence-electron chi connectivity index (χ4n) is 2.39. The molecule has 2 rings (SSSR count). The number of ether oxygens (including phenoxy) is 1. The Balaban J connectivity index is 1.80. The molecular formula is C14H24N4O2. The van der Waals surface area contributed by atoms with Crippen LogP contribution < -0.4 is 5.32 Å². The first-order chi connectivity index (χ1) is 9.70. The number of aromatic nitrogens is 2. The zero-order valence-corrected chi connectivity index (χ0v) is 12.3. The molecular weight excluding hydrogens is 256 g/mol. The molecule has 0 radical (unpaired) electrons. The molecule has 0 bridgehead atoms. The van der Waals surface area contributed by atoms with Crippen molar-refractivity contribution in [2.75, 3.05) is 19.7 Å². The average molecular weight is 280 g/mol. The number of aryl methyl sites for hydroxylation is 1. The molecule has 1 fully saturated rings. The predicted molar refractivity (Wildman–Crippen MR) is 76.3 cm³/mol. The van der Waals surface area contributed by atoms with Gasteiger partial charge in [-0.15, -0.1) is 0 Å². The van der Waals surface area contributed by atoms with Gasteiger partial charge in [-0.25, -0.2) is 9.78 Å². The lowest BCUT2D eigenvalue weighted by atomic mass is 10.1. The number of urea groups is 1. The first-order valence-electron chi connectivity index (χ1n) is 7.31. The Morgan fingerprint density at radius 2 is 2.45 bits per heavy atom. The smallest absolute Gasteiger partial charge is 0.317 e. The number of hydrogen-bond donors (Lipinski definition) is 1. The van der Waals surface area contributed by atoms with Crippen LogP contribution in [0, 0.1) is 0 Å². The average Bonchev–Trinajstić information content (AvgIpc) is 2.88. The van der Waals surface area contributed by atoms with Crippen LogP contribution in [-0.4, -0.2) is 46.3 Å². The highest BCUT2D eigenvalue weighted by Gasteiger charge is 2.20. The number of hydrogen-bond acceptors (Lipinski definition) is 3. The molecule has 2 heterocycles. The molecule has 6 nitrogen and oxygen atoms in total. The van der Waals surface area contributed by atoms with Crippen molar-refractivity contribution >= 4 is 6.03 Å². The molecule has 20 heavy (non-hydrogen) atoms. The Morgan fingerprint density at radius 3 is 3.05 bits per heavy atom. The van der Waals surface area contributed by atoms with Crippen LogP contribution in [0.25, 0.3) is 0 Å². The highest BCUT2D eigenvalue weighted by molar-refractivity contribution is 5.74. The van der Waals surface area contributed by atoms with E-state index in [-0.39, 0.29) is 12.1 Å². The number of carbonyl (C=O) groups excluding carboxylic acids is 1. The van der Waals surface area contributed by atoms with Crippen LogP contribution in [0.1, 0.15) is 32.0 Å². The standard InChI is InChI=1S/C14H24N4O2/c1-3-18(11-12-6-4-5-9-20-12)14(19)16-10-13-15-7-8-17(13)2/h7-8,12H,3-6,9-11H2,1-2H3,(H,16,19)/t12-/m0/s1. The van der Waals surface area contributed by atoms with Crippen molar-refractivity contribution < 1.29 is 9.53 Å². The van der Waals surface area contributed by atoms with Gasteiger partial charge >= 0.3 is 6.03 Å². The van der Waals surface area contributed by atoms with Crippen molar-refractivity contribution in [2.45, 2.75) is 38.8 Å². The normalized spacial score (nSPS) is 18.8. The van der Waals surface area contributed by atoms with E-state index in [9.17, 15) is 4.79 Å². The molecule has 1 aromatic rings. The number of likely N-dealkylation sites (N-methyl/N-ethyl adjacent to an activating group) is 1. The van der Waals surface area contributed by atoms with Gasteiger partial charge in [-0.3, -0.25) is 0 Å². The summed E-state index contributed by atoms with van der Waals surface area (Å²) >= 11 is 0. The largest absolute Gasteiger partial charge is 0.376 e. The van der Waals surface area contributed by atoms with Gasteiger partial charge < -0.3 is 19.5 Å². The van der Waals surface area contributed by atoms with Crippen molar-refractivity contribution in [3.63, 3.8) is 0 Å². The van der Waals surface area contributed by atoms with Crippen LogP contribution >= 0.6 is 0 Å². The highest BCUT2D eigenvalue weighted by Crippen LogP contribution is 2.13. The maximum atomic E-state index is 12.2. The summed E-state index contributed by atoms with van der Waals surface area (Å²) in [4.78, 5) is 18.2. The Labute approximate surface area is 120 Å². The summed E-state index contributed by atoms with van der Waals surface area (Å²) in [5.74, 6) is 0.850. The van der Waals surface area contributed by atoms with Crippen molar-refractivity contribution in [3.8, 4) is 0 Å². The number of carbonyl (C=O) groups is 1. The molecule has 1 N–H and O–H groups in total. The van der Waals surface area contributed by atoms with Gasteiger partial charge in [0.25, 0.3) is 0 Å². The molecule has 0 aliphatic carbocycles. The third-order valence-corrected chi connectivity index (χ3v) is 3.69. The van der Waals surface area contributed by atoms with Crippen LogP contribution in [0.2, 0.25) is 0 Å². The Bertz CT molecular complexity index is 427. The van der Waals surface area contributed by atoms with E-state index in [2.05, 4.69) is 10.3 Å². The second-order valence-corrected chi connectivity index (χ2v) is 5.14. The minimum Gasteiger partial charge on any atom is -0.376 e. The van der Waals surface area contributed by atoms with Gasteiger partial charge in [-0.05, 0) is 26.2 Å². The molecule has 0 saturated carbocycles. The first kappa shape index (κ1) is 14.8. The van der Waals surface area contributed by atoms with E-state index in [0.717, 1.165) is 25.3 Å². The minimum absolute atomic E-state index is 0.0512. The summed E-state index contributed by atoms with van der Waals surface area (Å²) in [5, 5.41) is 2.91. The summed E-state index contributed by atoms with van der Waals surface area (Å²) in [7, 11) is 1.92. The number of amides is 2. The summed E-state index contributed by atoms with van der Waals surface area (Å²) in [6.07, 6.45) is 7.15. The molecule has 112 valence electrons. The molecule has 0 spiro atoms. The monoisotopic (exact) mass is 280 g/mol. The second kappa shape index (κ2) is 7.28. The van der Waals surface area contributed by atoms with Gasteiger partial charge in [-0.2, -0.15) is 0 Å². The number of rotatable bonds is 5. The third kappa shape index (κ3) is 3.96. The van der Waals surface area contributed by atoms with Crippen molar-refractivity contribution in [1.29, 1.82) is 0 Å². The molecule has 1 aliphatic heterocycles. The zero-order valence-electron chi connectivity index (χ0n) is 12.3. The molecule has 1 aromatic heterocycles. The van der Waals surface area contributed by atoms with E-state index in [0.29, 0.717) is 19.6 Å². The van der Waals surface area contributed by atoms with E-state index < -0.39 is 0 Å². The molecule has 1 atom stereocenters. The van der Waals surface area contributed by atoms with Gasteiger partial charge in [0, 0.05) is 39.1 Å². The predicted octanol–water partition coefficient (Wildman–Crippen LogP) is 1.52. The molecule has 2 amide bonds. The van der Waals surface area contributed by atoms with E-state index in [4.69, 9.17) is 4.74 Å². The SMILES string of the molecule is CCN(C[C@@H]1CCCCO1)C(=O)NCc1nccn1C. The van der Waals surface area contributed by atoms with Crippen LogP contribution in [0.3, 0.4) is 0 Å². The molecule has 1 aliphatic rings. The highest BCUT2D eigenvalue weighted by atomic mass is 16.5. The van der Waals surface area contributed by atoms with Crippen molar-refractivity contribution in [2.24, 2.45) is 7.05 Å². The Kier molecular flexibility index (Phi) is 5.40. The lowest BCUT2D eigenvalue weighted by molar-refractivity contribution is 0.00131. The van der Waals surface area contributed by atoms with Crippen LogP contribution in [0.5, 0.6) is 0 Å². The topological polar surface area (TPSA) is 59.4 Å². The Morgan fingerprint density at radius 1 is 1.60 bits per heavy atom. The fraction of sp³-hybridized carbons (Fsp3) is 0.714. The minimum atomic E-state index is -0.0512. The second-order valence-electron chi connectivity index (χ2n) is 5.14. The summed E-state index contributed by atoms with van der Waals surface area (Å²) in [5.41, 5.74) is 0. The van der Waals surface area contributed by atoms with Gasteiger partial charge in [0.15, 0.2) is 0 Å². The lowest BCUT2D eigenvalue weighted by Gasteiger charge is -2.29. The molecule has 0 aromatic carbocycles. The van der Waals surface area contributed by atoms with Gasteiger partial charge in [0.05, 0.1) is 12.6 Å². The molecule has 0 unspecified atom stereocenters. The van der Waals surface area contributed by atoms with Gasteiger partial charge in [0.2, 0.25) is 0 Å². The quantitative estimate of drug-likeness (QED) is 0.889. The third-order valence-electron chi connectivity index (χ3n) is 3.69. The maximum Gasteiger partial charge on any atom is 0.317 e. The van der Waals surface area contributed by atoms with Crippen LogP contribution in [0.4, 0.5) is 4.79 Å².